The van der Waals surface area contributed by atoms with Crippen molar-refractivity contribution in [1.82, 2.24) is 15.2 Å². The van der Waals surface area contributed by atoms with Gasteiger partial charge in [0, 0.05) is 16.8 Å². The molecule has 5 nitrogen and oxygen atoms in total. The molecule has 0 fully saturated rings. The van der Waals surface area contributed by atoms with Crippen molar-refractivity contribution in [3.05, 3.63) is 40.9 Å². The second-order valence-corrected chi connectivity index (χ2v) is 7.37. The molecule has 108 valence electrons. The summed E-state index contributed by atoms with van der Waals surface area (Å²) >= 11 is 4.60. The monoisotopic (exact) mass is 335 g/mol. The Labute approximate surface area is 134 Å². The van der Waals surface area contributed by atoms with Gasteiger partial charge in [-0.25, -0.2) is 4.98 Å². The number of nitrogens with one attached hydrogen (secondary N) is 1. The predicted octanol–water partition coefficient (Wildman–Crippen LogP) is 3.92. The van der Waals surface area contributed by atoms with E-state index >= 15 is 0 Å². The Bertz CT molecular complexity index is 737. The SMILES string of the molecule is Cc1ccccc1Nc1nc(CSc2nnc(N)s2)cs1. The Morgan fingerprint density at radius 3 is 2.90 bits per heavy atom. The molecular formula is C13H13N5S3. The lowest BCUT2D eigenvalue weighted by molar-refractivity contribution is 1.02. The number of aryl methyl sites for hydroxylation is 1. The van der Waals surface area contributed by atoms with Gasteiger partial charge in [-0.2, -0.15) is 0 Å². The van der Waals surface area contributed by atoms with E-state index in [2.05, 4.69) is 44.9 Å². The van der Waals surface area contributed by atoms with E-state index in [0.717, 1.165) is 26.6 Å². The summed E-state index contributed by atoms with van der Waals surface area (Å²) in [6.07, 6.45) is 0. The maximum Gasteiger partial charge on any atom is 0.203 e. The summed E-state index contributed by atoms with van der Waals surface area (Å²) in [5, 5.41) is 14.6. The lowest BCUT2D eigenvalue weighted by Crippen LogP contribution is -1.92. The Morgan fingerprint density at radius 1 is 1.29 bits per heavy atom. The van der Waals surface area contributed by atoms with Gasteiger partial charge in [-0.1, -0.05) is 41.3 Å². The van der Waals surface area contributed by atoms with Crippen molar-refractivity contribution in [2.24, 2.45) is 0 Å². The molecule has 3 rings (SSSR count). The maximum atomic E-state index is 5.56. The normalized spacial score (nSPS) is 10.7. The molecule has 0 radical (unpaired) electrons. The van der Waals surface area contributed by atoms with Crippen molar-refractivity contribution in [2.45, 2.75) is 17.0 Å². The summed E-state index contributed by atoms with van der Waals surface area (Å²) in [6, 6.07) is 8.17. The third kappa shape index (κ3) is 3.72. The van der Waals surface area contributed by atoms with E-state index in [-0.39, 0.29) is 0 Å². The van der Waals surface area contributed by atoms with Gasteiger partial charge < -0.3 is 11.1 Å². The molecule has 0 aliphatic heterocycles. The van der Waals surface area contributed by atoms with Crippen LogP contribution in [-0.4, -0.2) is 15.2 Å². The number of thioether (sulfide) groups is 1. The number of thiazole rings is 1. The number of hydrogen-bond donors (Lipinski definition) is 2. The molecule has 0 saturated heterocycles. The number of nitrogens with two attached hydrogens (primary N) is 1. The zero-order valence-electron chi connectivity index (χ0n) is 11.2. The molecule has 2 heterocycles. The first-order valence-electron chi connectivity index (χ1n) is 6.19. The molecular weight excluding hydrogens is 322 g/mol. The van der Waals surface area contributed by atoms with Crippen LogP contribution < -0.4 is 11.1 Å². The first-order valence-corrected chi connectivity index (χ1v) is 8.88. The van der Waals surface area contributed by atoms with Gasteiger partial charge in [-0.3, -0.25) is 0 Å². The van der Waals surface area contributed by atoms with Gasteiger partial charge in [0.15, 0.2) is 9.47 Å². The van der Waals surface area contributed by atoms with E-state index < -0.39 is 0 Å². The number of para-hydroxylation sites is 1. The molecule has 2 aromatic heterocycles. The van der Waals surface area contributed by atoms with Gasteiger partial charge >= 0.3 is 0 Å². The van der Waals surface area contributed by atoms with Crippen molar-refractivity contribution in [3.8, 4) is 0 Å². The number of rotatable bonds is 5. The minimum Gasteiger partial charge on any atom is -0.374 e. The van der Waals surface area contributed by atoms with Gasteiger partial charge in [0.1, 0.15) is 0 Å². The number of aromatic nitrogens is 3. The summed E-state index contributed by atoms with van der Waals surface area (Å²) in [5.41, 5.74) is 8.87. The van der Waals surface area contributed by atoms with Crippen LogP contribution in [0.1, 0.15) is 11.3 Å². The molecule has 3 aromatic rings. The fourth-order valence-electron chi connectivity index (χ4n) is 1.67. The minimum absolute atomic E-state index is 0.498. The highest BCUT2D eigenvalue weighted by molar-refractivity contribution is 8.00. The van der Waals surface area contributed by atoms with Crippen LogP contribution in [0.15, 0.2) is 34.0 Å². The van der Waals surface area contributed by atoms with Crippen LogP contribution in [-0.2, 0) is 5.75 Å². The number of anilines is 3. The average molecular weight is 335 g/mol. The summed E-state index contributed by atoms with van der Waals surface area (Å²) in [4.78, 5) is 4.58. The van der Waals surface area contributed by atoms with Crippen molar-refractivity contribution in [3.63, 3.8) is 0 Å². The Balaban J connectivity index is 1.62. The Kier molecular flexibility index (Phi) is 4.37. The maximum absolute atomic E-state index is 5.56. The second kappa shape index (κ2) is 6.42. The van der Waals surface area contributed by atoms with Gasteiger partial charge in [-0.15, -0.1) is 21.5 Å². The highest BCUT2D eigenvalue weighted by atomic mass is 32.2. The van der Waals surface area contributed by atoms with Gasteiger partial charge in [0.2, 0.25) is 5.13 Å². The lowest BCUT2D eigenvalue weighted by atomic mass is 10.2. The van der Waals surface area contributed by atoms with Crippen molar-refractivity contribution in [1.29, 1.82) is 0 Å². The van der Waals surface area contributed by atoms with E-state index in [1.807, 2.05) is 12.1 Å². The van der Waals surface area contributed by atoms with Gasteiger partial charge in [0.25, 0.3) is 0 Å². The van der Waals surface area contributed by atoms with Crippen LogP contribution in [0, 0.1) is 6.92 Å². The molecule has 21 heavy (non-hydrogen) atoms. The molecule has 0 bridgehead atoms. The minimum atomic E-state index is 0.498. The molecule has 0 atom stereocenters. The fraction of sp³-hybridized carbons (Fsp3) is 0.154. The van der Waals surface area contributed by atoms with Gasteiger partial charge in [-0.05, 0) is 18.6 Å². The number of benzene rings is 1. The zero-order chi connectivity index (χ0) is 14.7. The molecule has 0 saturated carbocycles. The number of nitrogen functional groups attached to an aromatic ring is 1. The molecule has 1 aromatic carbocycles. The van der Waals surface area contributed by atoms with Crippen molar-refractivity contribution >= 4 is 50.4 Å². The Hall–Kier alpha value is -1.64. The van der Waals surface area contributed by atoms with Crippen LogP contribution in [0.5, 0.6) is 0 Å². The first-order chi connectivity index (χ1) is 10.2. The van der Waals surface area contributed by atoms with Crippen LogP contribution in [0.4, 0.5) is 16.0 Å². The molecule has 8 heteroatoms. The molecule has 0 spiro atoms. The summed E-state index contributed by atoms with van der Waals surface area (Å²) in [7, 11) is 0. The quantitative estimate of drug-likeness (QED) is 0.688. The van der Waals surface area contributed by atoms with Crippen LogP contribution in [0.3, 0.4) is 0 Å². The van der Waals surface area contributed by atoms with Crippen molar-refractivity contribution in [2.75, 3.05) is 11.1 Å². The third-order valence-electron chi connectivity index (χ3n) is 2.70. The predicted molar refractivity (Wildman–Crippen MR) is 90.5 cm³/mol. The molecule has 0 amide bonds. The summed E-state index contributed by atoms with van der Waals surface area (Å²) in [6.45, 7) is 2.08. The van der Waals surface area contributed by atoms with Crippen LogP contribution in [0.25, 0.3) is 0 Å². The van der Waals surface area contributed by atoms with Gasteiger partial charge in [0.05, 0.1) is 5.69 Å². The van der Waals surface area contributed by atoms with Crippen molar-refractivity contribution < 1.29 is 0 Å². The summed E-state index contributed by atoms with van der Waals surface area (Å²) in [5.74, 6) is 0.764. The fourth-order valence-corrected chi connectivity index (χ4v) is 4.03. The molecule has 3 N–H and O–H groups in total. The smallest absolute Gasteiger partial charge is 0.203 e. The van der Waals surface area contributed by atoms with Crippen LogP contribution in [0.2, 0.25) is 0 Å². The van der Waals surface area contributed by atoms with E-state index in [0.29, 0.717) is 5.13 Å². The third-order valence-corrected chi connectivity index (χ3v) is 5.43. The van der Waals surface area contributed by atoms with E-state index in [1.165, 1.54) is 16.9 Å². The summed E-state index contributed by atoms with van der Waals surface area (Å²) < 4.78 is 0.869. The second-order valence-electron chi connectivity index (χ2n) is 4.28. The highest BCUT2D eigenvalue weighted by Crippen LogP contribution is 2.29. The topological polar surface area (TPSA) is 76.7 Å². The largest absolute Gasteiger partial charge is 0.374 e. The van der Waals surface area contributed by atoms with E-state index in [1.54, 1.807) is 23.1 Å². The number of hydrogen-bond acceptors (Lipinski definition) is 8. The highest BCUT2D eigenvalue weighted by Gasteiger charge is 2.07. The first kappa shape index (κ1) is 14.3. The van der Waals surface area contributed by atoms with Crippen LogP contribution >= 0.6 is 34.4 Å². The number of nitrogens with zero attached hydrogens (tertiary/aromatic N) is 3. The zero-order valence-corrected chi connectivity index (χ0v) is 13.7. The average Bonchev–Trinajstić information content (AvgIpc) is 3.08. The lowest BCUT2D eigenvalue weighted by Gasteiger charge is -2.05. The van der Waals surface area contributed by atoms with E-state index in [9.17, 15) is 0 Å². The molecule has 0 aliphatic rings. The standard InChI is InChI=1S/C13H13N5S3/c1-8-4-2-3-5-10(8)16-12-15-9(6-19-12)7-20-13-18-17-11(14)21-13/h2-6H,7H2,1H3,(H2,14,17)(H,15,16). The Morgan fingerprint density at radius 2 is 2.14 bits per heavy atom. The molecule has 0 aliphatic carbocycles. The van der Waals surface area contributed by atoms with E-state index in [4.69, 9.17) is 5.73 Å². The molecule has 0 unspecified atom stereocenters.